The highest BCUT2D eigenvalue weighted by atomic mass is 79.9. The molecule has 0 aliphatic rings. The summed E-state index contributed by atoms with van der Waals surface area (Å²) in [5, 5.41) is 0. The van der Waals surface area contributed by atoms with E-state index in [2.05, 4.69) is 15.9 Å². The first-order valence-electron chi connectivity index (χ1n) is 4.60. The molecule has 0 unspecified atom stereocenters. The van der Waals surface area contributed by atoms with Gasteiger partial charge in [0.05, 0.1) is 4.90 Å². The molecule has 15 heavy (non-hydrogen) atoms. The second kappa shape index (κ2) is 4.63. The van der Waals surface area contributed by atoms with Crippen molar-refractivity contribution in [2.24, 2.45) is 0 Å². The standard InChI is InChI=1S/C10H14BrNO2S/c1-4-8-7-9(11)5-6-10(8)15(13,14)12(2)3/h5-7H,4H2,1-3H3. The van der Waals surface area contributed by atoms with Gasteiger partial charge in [0.1, 0.15) is 0 Å². The fourth-order valence-electron chi connectivity index (χ4n) is 1.27. The molecule has 1 aromatic rings. The van der Waals surface area contributed by atoms with Gasteiger partial charge < -0.3 is 0 Å². The van der Waals surface area contributed by atoms with Crippen LogP contribution in [0.4, 0.5) is 0 Å². The second-order valence-electron chi connectivity index (χ2n) is 3.39. The Hall–Kier alpha value is -0.390. The first-order chi connectivity index (χ1) is 6.89. The molecule has 0 aliphatic heterocycles. The van der Waals surface area contributed by atoms with E-state index in [-0.39, 0.29) is 0 Å². The van der Waals surface area contributed by atoms with Crippen LogP contribution < -0.4 is 0 Å². The highest BCUT2D eigenvalue weighted by molar-refractivity contribution is 9.10. The van der Waals surface area contributed by atoms with Crippen LogP contribution >= 0.6 is 15.9 Å². The second-order valence-corrected chi connectivity index (χ2v) is 6.43. The highest BCUT2D eigenvalue weighted by Crippen LogP contribution is 2.23. The summed E-state index contributed by atoms with van der Waals surface area (Å²) in [4.78, 5) is 0.387. The van der Waals surface area contributed by atoms with Crippen molar-refractivity contribution < 1.29 is 8.42 Å². The summed E-state index contributed by atoms with van der Waals surface area (Å²) in [6.07, 6.45) is 0.696. The van der Waals surface area contributed by atoms with E-state index in [1.54, 1.807) is 12.1 Å². The van der Waals surface area contributed by atoms with Crippen LogP contribution in [0.15, 0.2) is 27.6 Å². The molecule has 5 heteroatoms. The minimum Gasteiger partial charge on any atom is -0.207 e. The number of nitrogens with zero attached hydrogens (tertiary/aromatic N) is 1. The van der Waals surface area contributed by atoms with Gasteiger partial charge >= 0.3 is 0 Å². The van der Waals surface area contributed by atoms with Crippen LogP contribution in [0.5, 0.6) is 0 Å². The van der Waals surface area contributed by atoms with Gasteiger partial charge in [0.25, 0.3) is 0 Å². The Morgan fingerprint density at radius 2 is 1.93 bits per heavy atom. The molecule has 0 N–H and O–H groups in total. The molecule has 0 saturated carbocycles. The van der Waals surface area contributed by atoms with Crippen molar-refractivity contribution in [1.82, 2.24) is 4.31 Å². The molecule has 3 nitrogen and oxygen atoms in total. The molecule has 0 amide bonds. The summed E-state index contributed by atoms with van der Waals surface area (Å²) >= 11 is 3.33. The fraction of sp³-hybridized carbons (Fsp3) is 0.400. The molecular weight excluding hydrogens is 278 g/mol. The molecule has 1 rings (SSSR count). The molecule has 0 aliphatic carbocycles. The zero-order valence-electron chi connectivity index (χ0n) is 8.99. The Morgan fingerprint density at radius 1 is 1.33 bits per heavy atom. The van der Waals surface area contributed by atoms with Crippen LogP contribution in [0.3, 0.4) is 0 Å². The Kier molecular flexibility index (Phi) is 3.92. The third-order valence-electron chi connectivity index (χ3n) is 2.16. The molecule has 0 bridgehead atoms. The summed E-state index contributed by atoms with van der Waals surface area (Å²) in [6, 6.07) is 5.23. The van der Waals surface area contributed by atoms with Crippen molar-refractivity contribution in [3.05, 3.63) is 28.2 Å². The lowest BCUT2D eigenvalue weighted by Gasteiger charge is -2.14. The molecule has 0 aromatic heterocycles. The summed E-state index contributed by atoms with van der Waals surface area (Å²) in [5.41, 5.74) is 0.832. The van der Waals surface area contributed by atoms with Crippen LogP contribution in [-0.4, -0.2) is 26.8 Å². The number of rotatable bonds is 3. The van der Waals surface area contributed by atoms with E-state index in [1.807, 2.05) is 13.0 Å². The predicted molar refractivity (Wildman–Crippen MR) is 64.4 cm³/mol. The van der Waals surface area contributed by atoms with Gasteiger partial charge in [0, 0.05) is 18.6 Å². The zero-order valence-corrected chi connectivity index (χ0v) is 11.4. The van der Waals surface area contributed by atoms with Gasteiger partial charge in [-0.2, -0.15) is 0 Å². The van der Waals surface area contributed by atoms with E-state index >= 15 is 0 Å². The maximum Gasteiger partial charge on any atom is 0.242 e. The Bertz CT molecular complexity index is 454. The van der Waals surface area contributed by atoms with E-state index in [0.29, 0.717) is 11.3 Å². The number of halogens is 1. The maximum absolute atomic E-state index is 11.9. The lowest BCUT2D eigenvalue weighted by molar-refractivity contribution is 0.519. The number of hydrogen-bond acceptors (Lipinski definition) is 2. The molecule has 0 radical (unpaired) electrons. The molecule has 0 heterocycles. The van der Waals surface area contributed by atoms with Crippen LogP contribution in [0.2, 0.25) is 0 Å². The topological polar surface area (TPSA) is 37.4 Å². The lowest BCUT2D eigenvalue weighted by Crippen LogP contribution is -2.23. The number of aryl methyl sites for hydroxylation is 1. The summed E-state index contributed by atoms with van der Waals surface area (Å²) in [5.74, 6) is 0. The van der Waals surface area contributed by atoms with Crippen LogP contribution in [0.1, 0.15) is 12.5 Å². The van der Waals surface area contributed by atoms with Crippen molar-refractivity contribution in [3.63, 3.8) is 0 Å². The number of benzene rings is 1. The maximum atomic E-state index is 11.9. The van der Waals surface area contributed by atoms with E-state index < -0.39 is 10.0 Å². The minimum atomic E-state index is -3.32. The molecule has 0 spiro atoms. The quantitative estimate of drug-likeness (QED) is 0.857. The average molecular weight is 292 g/mol. The van der Waals surface area contributed by atoms with Crippen molar-refractivity contribution in [3.8, 4) is 0 Å². The number of hydrogen-bond donors (Lipinski definition) is 0. The van der Waals surface area contributed by atoms with E-state index in [4.69, 9.17) is 0 Å². The monoisotopic (exact) mass is 291 g/mol. The van der Waals surface area contributed by atoms with Gasteiger partial charge in [-0.25, -0.2) is 12.7 Å². The predicted octanol–water partition coefficient (Wildman–Crippen LogP) is 2.26. The fourth-order valence-corrected chi connectivity index (χ4v) is 2.85. The summed E-state index contributed by atoms with van der Waals surface area (Å²) in [7, 11) is -0.247. The van der Waals surface area contributed by atoms with Crippen molar-refractivity contribution in [1.29, 1.82) is 0 Å². The van der Waals surface area contributed by atoms with Gasteiger partial charge in [-0.05, 0) is 30.2 Å². The average Bonchev–Trinajstić information content (AvgIpc) is 2.16. The first kappa shape index (κ1) is 12.7. The van der Waals surface area contributed by atoms with Gasteiger partial charge in [0.2, 0.25) is 10.0 Å². The van der Waals surface area contributed by atoms with E-state index in [9.17, 15) is 8.42 Å². The molecule has 0 atom stereocenters. The minimum absolute atomic E-state index is 0.387. The van der Waals surface area contributed by atoms with Gasteiger partial charge in [0.15, 0.2) is 0 Å². The normalized spacial score (nSPS) is 12.1. The molecule has 84 valence electrons. The van der Waals surface area contributed by atoms with Crippen LogP contribution in [0, 0.1) is 0 Å². The molecule has 0 saturated heterocycles. The Labute approximate surface area is 99.3 Å². The largest absolute Gasteiger partial charge is 0.242 e. The van der Waals surface area contributed by atoms with Crippen molar-refractivity contribution >= 4 is 26.0 Å². The van der Waals surface area contributed by atoms with E-state index in [1.165, 1.54) is 18.4 Å². The van der Waals surface area contributed by atoms with Gasteiger partial charge in [-0.3, -0.25) is 0 Å². The van der Waals surface area contributed by atoms with E-state index in [0.717, 1.165) is 10.0 Å². The van der Waals surface area contributed by atoms with Gasteiger partial charge in [-0.15, -0.1) is 0 Å². The zero-order chi connectivity index (χ0) is 11.6. The molecule has 1 aromatic carbocycles. The summed E-state index contributed by atoms with van der Waals surface area (Å²) < 4.78 is 26.0. The third-order valence-corrected chi connectivity index (χ3v) is 4.57. The molecule has 0 fully saturated rings. The molecular formula is C10H14BrNO2S. The smallest absolute Gasteiger partial charge is 0.207 e. The Balaban J connectivity index is 3.38. The summed E-state index contributed by atoms with van der Waals surface area (Å²) in [6.45, 7) is 1.94. The third kappa shape index (κ3) is 2.59. The highest BCUT2D eigenvalue weighted by Gasteiger charge is 2.20. The van der Waals surface area contributed by atoms with Gasteiger partial charge in [-0.1, -0.05) is 22.9 Å². The van der Waals surface area contributed by atoms with Crippen LogP contribution in [-0.2, 0) is 16.4 Å². The Morgan fingerprint density at radius 3 is 2.40 bits per heavy atom. The van der Waals surface area contributed by atoms with Crippen LogP contribution in [0.25, 0.3) is 0 Å². The lowest BCUT2D eigenvalue weighted by atomic mass is 10.2. The SMILES string of the molecule is CCc1cc(Br)ccc1S(=O)(=O)N(C)C. The number of sulfonamides is 1. The first-order valence-corrected chi connectivity index (χ1v) is 6.84. The van der Waals surface area contributed by atoms with Crippen molar-refractivity contribution in [2.45, 2.75) is 18.2 Å². The van der Waals surface area contributed by atoms with Crippen molar-refractivity contribution in [2.75, 3.05) is 14.1 Å².